The van der Waals surface area contributed by atoms with Crippen LogP contribution in [0.3, 0.4) is 0 Å². The van der Waals surface area contributed by atoms with Crippen LogP contribution in [0.15, 0.2) is 71.7 Å². The minimum atomic E-state index is -0.277. The van der Waals surface area contributed by atoms with Gasteiger partial charge in [0.15, 0.2) is 0 Å². The first kappa shape index (κ1) is 20.2. The lowest BCUT2D eigenvalue weighted by atomic mass is 9.98. The Labute approximate surface area is 167 Å². The maximum absolute atomic E-state index is 10.8. The molecule has 0 aromatic heterocycles. The second-order valence-electron chi connectivity index (χ2n) is 7.10. The minimum Gasteiger partial charge on any atom is -0.488 e. The van der Waals surface area contributed by atoms with Crippen LogP contribution in [0.2, 0.25) is 0 Å². The van der Waals surface area contributed by atoms with Crippen LogP contribution in [0, 0.1) is 5.92 Å². The Kier molecular flexibility index (Phi) is 6.57. The number of fused-ring (bicyclic) bond motifs is 2. The molecule has 3 unspecified atom stereocenters. The van der Waals surface area contributed by atoms with Gasteiger partial charge in [-0.05, 0) is 42.7 Å². The molecule has 5 nitrogen and oxygen atoms in total. The molecule has 1 fully saturated rings. The highest BCUT2D eigenvalue weighted by Crippen LogP contribution is 2.52. The van der Waals surface area contributed by atoms with E-state index < -0.39 is 0 Å². The number of amides is 1. The van der Waals surface area contributed by atoms with E-state index in [1.54, 1.807) is 0 Å². The number of allylic oxidation sites excluding steroid dienone is 5. The maximum Gasteiger partial charge on any atom is 0.217 e. The Morgan fingerprint density at radius 1 is 1.29 bits per heavy atom. The lowest BCUT2D eigenvalue weighted by molar-refractivity contribution is -0.118. The van der Waals surface area contributed by atoms with E-state index in [2.05, 4.69) is 53.9 Å². The molecule has 0 aromatic carbocycles. The Morgan fingerprint density at radius 3 is 2.93 bits per heavy atom. The van der Waals surface area contributed by atoms with Crippen LogP contribution in [0.5, 0.6) is 0 Å². The molecule has 0 aromatic rings. The van der Waals surface area contributed by atoms with Crippen molar-refractivity contribution in [2.45, 2.75) is 44.8 Å². The number of ether oxygens (including phenoxy) is 2. The molecule has 0 bridgehead atoms. The summed E-state index contributed by atoms with van der Waals surface area (Å²) in [6.07, 6.45) is 20.8. The van der Waals surface area contributed by atoms with Crippen LogP contribution in [0.1, 0.15) is 33.1 Å². The van der Waals surface area contributed by atoms with Crippen molar-refractivity contribution in [3.8, 4) is 0 Å². The van der Waals surface area contributed by atoms with Gasteiger partial charge in [-0.15, -0.1) is 0 Å². The quantitative estimate of drug-likeness (QED) is 0.631. The molecule has 1 amide bonds. The third-order valence-electron chi connectivity index (χ3n) is 5.11. The molecule has 1 saturated carbocycles. The summed E-state index contributed by atoms with van der Waals surface area (Å²) in [7, 11) is 0. The van der Waals surface area contributed by atoms with E-state index in [4.69, 9.17) is 15.2 Å². The zero-order valence-corrected chi connectivity index (χ0v) is 16.7. The fourth-order valence-electron chi connectivity index (χ4n) is 3.52. The second-order valence-corrected chi connectivity index (χ2v) is 7.10. The van der Waals surface area contributed by atoms with Crippen LogP contribution in [-0.4, -0.2) is 30.8 Å². The molecule has 0 radical (unpaired) electrons. The molecular formula is C23H30N2O3. The smallest absolute Gasteiger partial charge is 0.217 e. The van der Waals surface area contributed by atoms with Gasteiger partial charge in [-0.1, -0.05) is 44.2 Å². The monoisotopic (exact) mass is 382 g/mol. The van der Waals surface area contributed by atoms with Gasteiger partial charge in [-0.3, -0.25) is 4.79 Å². The Bertz CT molecular complexity index is 773. The highest BCUT2D eigenvalue weighted by molar-refractivity contribution is 5.73. The van der Waals surface area contributed by atoms with Crippen molar-refractivity contribution in [2.75, 3.05) is 13.2 Å². The van der Waals surface area contributed by atoms with Crippen LogP contribution in [-0.2, 0) is 14.3 Å². The molecule has 4 rings (SSSR count). The van der Waals surface area contributed by atoms with Gasteiger partial charge in [-0.2, -0.15) is 0 Å². The van der Waals surface area contributed by atoms with Crippen LogP contribution >= 0.6 is 0 Å². The van der Waals surface area contributed by atoms with Gasteiger partial charge in [0.25, 0.3) is 0 Å². The van der Waals surface area contributed by atoms with Gasteiger partial charge in [0.1, 0.15) is 12.4 Å². The summed E-state index contributed by atoms with van der Waals surface area (Å²) in [5.41, 5.74) is 7.30. The normalized spacial score (nSPS) is 28.4. The highest BCUT2D eigenvalue weighted by atomic mass is 16.5. The van der Waals surface area contributed by atoms with Crippen molar-refractivity contribution in [3.63, 3.8) is 0 Å². The summed E-state index contributed by atoms with van der Waals surface area (Å²) in [4.78, 5) is 10.8. The Balaban J connectivity index is 0.00000109. The van der Waals surface area contributed by atoms with Crippen molar-refractivity contribution >= 4 is 5.91 Å². The van der Waals surface area contributed by atoms with Crippen molar-refractivity contribution in [3.05, 3.63) is 71.7 Å². The van der Waals surface area contributed by atoms with Crippen LogP contribution in [0.25, 0.3) is 0 Å². The molecular weight excluding hydrogens is 352 g/mol. The van der Waals surface area contributed by atoms with Gasteiger partial charge in [-0.25, -0.2) is 0 Å². The summed E-state index contributed by atoms with van der Waals surface area (Å²) in [6, 6.07) is 0.240. The molecule has 150 valence electrons. The summed E-state index contributed by atoms with van der Waals surface area (Å²) in [6.45, 7) is 5.08. The van der Waals surface area contributed by atoms with E-state index in [-0.39, 0.29) is 17.6 Å². The van der Waals surface area contributed by atoms with Crippen molar-refractivity contribution < 1.29 is 14.3 Å². The zero-order valence-electron chi connectivity index (χ0n) is 16.7. The lowest BCUT2D eigenvalue weighted by Gasteiger charge is -2.25. The average molecular weight is 383 g/mol. The first-order chi connectivity index (χ1) is 13.6. The summed E-state index contributed by atoms with van der Waals surface area (Å²) in [5.74, 6) is 0.975. The predicted octanol–water partition coefficient (Wildman–Crippen LogP) is 3.43. The number of carbonyl (C=O) groups is 1. The number of dihydropyridines is 1. The van der Waals surface area contributed by atoms with Gasteiger partial charge < -0.3 is 20.5 Å². The highest BCUT2D eigenvalue weighted by Gasteiger charge is 2.54. The Morgan fingerprint density at radius 2 is 2.14 bits per heavy atom. The topological polar surface area (TPSA) is 73.6 Å². The number of nitrogens with one attached hydrogen (secondary N) is 1. The maximum atomic E-state index is 10.8. The van der Waals surface area contributed by atoms with E-state index in [9.17, 15) is 4.79 Å². The second kappa shape index (κ2) is 9.11. The largest absolute Gasteiger partial charge is 0.488 e. The molecule has 0 spiro atoms. The molecule has 3 atom stereocenters. The van der Waals surface area contributed by atoms with Gasteiger partial charge in [0, 0.05) is 24.6 Å². The Hall–Kier alpha value is -2.53. The van der Waals surface area contributed by atoms with E-state index >= 15 is 0 Å². The SMILES string of the molecule is CC.NC(=O)CCCOC12C=CC(OCC3=CC=C4C=CC=CC4N3)=CC1C2. The molecule has 3 N–H and O–H groups in total. The van der Waals surface area contributed by atoms with E-state index in [0.29, 0.717) is 32.0 Å². The van der Waals surface area contributed by atoms with Gasteiger partial charge >= 0.3 is 0 Å². The molecule has 28 heavy (non-hydrogen) atoms. The standard InChI is InChI=1S/C21H24N2O3.C2H6/c22-20(24)6-3-11-26-21-10-9-18(12-16(21)13-21)25-14-17-8-7-15-4-1-2-5-19(15)23-17;1-2/h1-2,4-5,7-10,12,16,19,23H,3,6,11,13-14H2,(H2,22,24);1-2H3. The molecule has 3 aliphatic carbocycles. The van der Waals surface area contributed by atoms with Crippen molar-refractivity contribution in [1.82, 2.24) is 5.32 Å². The number of nitrogens with two attached hydrogens (primary N) is 1. The number of carbonyl (C=O) groups excluding carboxylic acids is 1. The van der Waals surface area contributed by atoms with Gasteiger partial charge in [0.2, 0.25) is 5.91 Å². The minimum absolute atomic E-state index is 0.191. The molecule has 1 aliphatic heterocycles. The summed E-state index contributed by atoms with van der Waals surface area (Å²) in [5, 5.41) is 3.48. The zero-order chi connectivity index (χ0) is 20.0. The number of primary amides is 1. The molecule has 4 aliphatic rings. The summed E-state index contributed by atoms with van der Waals surface area (Å²) >= 11 is 0. The first-order valence-electron chi connectivity index (χ1n) is 10.1. The fourth-order valence-corrected chi connectivity index (χ4v) is 3.52. The summed E-state index contributed by atoms with van der Waals surface area (Å²) < 4.78 is 11.9. The third-order valence-corrected chi connectivity index (χ3v) is 5.11. The van der Waals surface area contributed by atoms with Crippen molar-refractivity contribution in [2.24, 2.45) is 11.7 Å². The first-order valence-corrected chi connectivity index (χ1v) is 10.1. The number of hydrogen-bond donors (Lipinski definition) is 2. The van der Waals surface area contributed by atoms with Crippen molar-refractivity contribution in [1.29, 1.82) is 0 Å². The van der Waals surface area contributed by atoms with Gasteiger partial charge in [0.05, 0.1) is 11.6 Å². The average Bonchev–Trinajstić information content (AvgIpc) is 3.44. The van der Waals surface area contributed by atoms with Crippen LogP contribution in [0.4, 0.5) is 0 Å². The molecule has 1 heterocycles. The molecule has 0 saturated heterocycles. The fraction of sp³-hybridized carbons (Fsp3) is 0.435. The number of hydrogen-bond acceptors (Lipinski definition) is 4. The third kappa shape index (κ3) is 4.84. The van der Waals surface area contributed by atoms with E-state index in [0.717, 1.165) is 17.9 Å². The predicted molar refractivity (Wildman–Crippen MR) is 111 cm³/mol. The number of rotatable bonds is 8. The van der Waals surface area contributed by atoms with E-state index in [1.807, 2.05) is 19.9 Å². The van der Waals surface area contributed by atoms with Crippen LogP contribution < -0.4 is 11.1 Å². The lowest BCUT2D eigenvalue weighted by Crippen LogP contribution is -2.32. The van der Waals surface area contributed by atoms with E-state index in [1.165, 1.54) is 5.57 Å². The molecule has 5 heteroatoms.